The topological polar surface area (TPSA) is 76.1 Å². The van der Waals surface area contributed by atoms with Crippen LogP contribution in [0.3, 0.4) is 0 Å². The maximum Gasteiger partial charge on any atom is 0.159 e. The van der Waals surface area contributed by atoms with E-state index < -0.39 is 0 Å². The summed E-state index contributed by atoms with van der Waals surface area (Å²) in [6.45, 7) is 1.54. The average molecular weight is 369 g/mol. The van der Waals surface area contributed by atoms with E-state index in [0.29, 0.717) is 28.0 Å². The number of halogens is 1. The second-order valence-electron chi connectivity index (χ2n) is 5.52. The first-order chi connectivity index (χ1) is 12.5. The molecule has 3 aromatic rings. The van der Waals surface area contributed by atoms with Gasteiger partial charge in [-0.3, -0.25) is 4.79 Å². The molecule has 2 N–H and O–H groups in total. The SMILES string of the molecule is COc1ccc(Nc2cc(Nc3ccc(C(C)=O)cc3)ncn2)cc1Cl. The number of aromatic nitrogens is 2. The Bertz CT molecular complexity index is 929. The van der Waals surface area contributed by atoms with Crippen LogP contribution in [-0.2, 0) is 0 Å². The Labute approximate surface area is 156 Å². The molecule has 1 heterocycles. The molecule has 0 bridgehead atoms. The predicted molar refractivity (Wildman–Crippen MR) is 103 cm³/mol. The third-order valence-corrected chi connectivity index (χ3v) is 3.95. The number of carbonyl (C=O) groups excluding carboxylic acids is 1. The highest BCUT2D eigenvalue weighted by atomic mass is 35.5. The largest absolute Gasteiger partial charge is 0.495 e. The molecule has 0 unspecified atom stereocenters. The quantitative estimate of drug-likeness (QED) is 0.607. The molecule has 26 heavy (non-hydrogen) atoms. The Balaban J connectivity index is 1.73. The lowest BCUT2D eigenvalue weighted by Gasteiger charge is -2.10. The van der Waals surface area contributed by atoms with Gasteiger partial charge >= 0.3 is 0 Å². The van der Waals surface area contributed by atoms with Crippen LogP contribution in [0.5, 0.6) is 5.75 Å². The zero-order valence-electron chi connectivity index (χ0n) is 14.3. The van der Waals surface area contributed by atoms with E-state index in [-0.39, 0.29) is 5.78 Å². The third kappa shape index (κ3) is 4.29. The highest BCUT2D eigenvalue weighted by Gasteiger charge is 2.05. The number of benzene rings is 2. The van der Waals surface area contributed by atoms with Crippen LogP contribution >= 0.6 is 11.6 Å². The molecule has 6 nitrogen and oxygen atoms in total. The van der Waals surface area contributed by atoms with Gasteiger partial charge in [0.25, 0.3) is 0 Å². The first-order valence-corrected chi connectivity index (χ1v) is 8.23. The Hall–Kier alpha value is -3.12. The second-order valence-corrected chi connectivity index (χ2v) is 5.93. The first-order valence-electron chi connectivity index (χ1n) is 7.86. The van der Waals surface area contributed by atoms with E-state index in [1.54, 1.807) is 37.4 Å². The number of nitrogens with zero attached hydrogens (tertiary/aromatic N) is 2. The average Bonchev–Trinajstić information content (AvgIpc) is 2.63. The van der Waals surface area contributed by atoms with Crippen molar-refractivity contribution in [3.05, 3.63) is 65.4 Å². The van der Waals surface area contributed by atoms with E-state index in [4.69, 9.17) is 16.3 Å². The van der Waals surface area contributed by atoms with Crippen molar-refractivity contribution in [3.63, 3.8) is 0 Å². The van der Waals surface area contributed by atoms with Crippen LogP contribution < -0.4 is 15.4 Å². The molecule has 0 aliphatic carbocycles. The van der Waals surface area contributed by atoms with Gasteiger partial charge in [-0.1, -0.05) is 11.6 Å². The van der Waals surface area contributed by atoms with Gasteiger partial charge in [-0.15, -0.1) is 0 Å². The highest BCUT2D eigenvalue weighted by Crippen LogP contribution is 2.28. The van der Waals surface area contributed by atoms with Gasteiger partial charge in [-0.2, -0.15) is 0 Å². The number of anilines is 4. The Morgan fingerprint density at radius 3 is 2.15 bits per heavy atom. The maximum atomic E-state index is 11.3. The summed E-state index contributed by atoms with van der Waals surface area (Å²) >= 11 is 6.14. The fourth-order valence-electron chi connectivity index (χ4n) is 2.32. The van der Waals surface area contributed by atoms with Crippen molar-refractivity contribution in [1.82, 2.24) is 9.97 Å². The van der Waals surface area contributed by atoms with Crippen LogP contribution in [0.4, 0.5) is 23.0 Å². The number of hydrogen-bond acceptors (Lipinski definition) is 6. The lowest BCUT2D eigenvalue weighted by atomic mass is 10.1. The third-order valence-electron chi connectivity index (χ3n) is 3.66. The predicted octanol–water partition coefficient (Wildman–Crippen LogP) is 4.83. The van der Waals surface area contributed by atoms with Gasteiger partial charge in [0, 0.05) is 23.0 Å². The number of ether oxygens (including phenoxy) is 1. The number of hydrogen-bond donors (Lipinski definition) is 2. The van der Waals surface area contributed by atoms with Crippen molar-refractivity contribution in [2.75, 3.05) is 17.7 Å². The molecule has 132 valence electrons. The number of rotatable bonds is 6. The molecule has 0 radical (unpaired) electrons. The van der Waals surface area contributed by atoms with E-state index in [2.05, 4.69) is 20.6 Å². The molecule has 2 aromatic carbocycles. The van der Waals surface area contributed by atoms with Gasteiger partial charge in [-0.25, -0.2) is 9.97 Å². The van der Waals surface area contributed by atoms with Gasteiger partial charge in [0.1, 0.15) is 23.7 Å². The van der Waals surface area contributed by atoms with E-state index in [1.807, 2.05) is 18.2 Å². The normalized spacial score (nSPS) is 10.3. The van der Waals surface area contributed by atoms with Crippen molar-refractivity contribution in [2.45, 2.75) is 6.92 Å². The molecule has 7 heteroatoms. The minimum atomic E-state index is 0.0308. The molecule has 3 rings (SSSR count). The fourth-order valence-corrected chi connectivity index (χ4v) is 2.58. The molecule has 1 aromatic heterocycles. The number of Topliss-reactive ketones (excluding diaryl/α,β-unsaturated/α-hetero) is 1. The number of ketones is 1. The van der Waals surface area contributed by atoms with Crippen LogP contribution in [0.15, 0.2) is 54.9 Å². The lowest BCUT2D eigenvalue weighted by Crippen LogP contribution is -1.99. The van der Waals surface area contributed by atoms with Gasteiger partial charge in [0.15, 0.2) is 5.78 Å². The lowest BCUT2D eigenvalue weighted by molar-refractivity contribution is 0.101. The van der Waals surface area contributed by atoms with Crippen LogP contribution in [0.25, 0.3) is 0 Å². The molecular formula is C19H17ClN4O2. The number of methoxy groups -OCH3 is 1. The molecule has 0 aliphatic heterocycles. The van der Waals surface area contributed by atoms with Crippen LogP contribution in [0, 0.1) is 0 Å². The molecular weight excluding hydrogens is 352 g/mol. The Kier molecular flexibility index (Phi) is 5.34. The van der Waals surface area contributed by atoms with Gasteiger partial charge in [-0.05, 0) is 49.4 Å². The van der Waals surface area contributed by atoms with Gasteiger partial charge in [0.05, 0.1) is 12.1 Å². The second kappa shape index (κ2) is 7.84. The summed E-state index contributed by atoms with van der Waals surface area (Å²) in [4.78, 5) is 19.7. The fraction of sp³-hybridized carbons (Fsp3) is 0.105. The summed E-state index contributed by atoms with van der Waals surface area (Å²) in [6, 6.07) is 14.4. The molecule has 0 aliphatic rings. The molecule has 0 fully saturated rings. The van der Waals surface area contributed by atoms with Crippen LogP contribution in [-0.4, -0.2) is 22.9 Å². The zero-order chi connectivity index (χ0) is 18.5. The maximum absolute atomic E-state index is 11.3. The van der Waals surface area contributed by atoms with E-state index >= 15 is 0 Å². The van der Waals surface area contributed by atoms with E-state index in [1.165, 1.54) is 13.3 Å². The van der Waals surface area contributed by atoms with Crippen molar-refractivity contribution in [1.29, 1.82) is 0 Å². The molecule has 0 saturated heterocycles. The van der Waals surface area contributed by atoms with Crippen molar-refractivity contribution in [3.8, 4) is 5.75 Å². The van der Waals surface area contributed by atoms with Gasteiger partial charge in [0.2, 0.25) is 0 Å². The van der Waals surface area contributed by atoms with E-state index in [0.717, 1.165) is 11.4 Å². The standard InChI is InChI=1S/C19H17ClN4O2/c1-12(25)13-3-5-14(6-4-13)23-18-10-19(22-11-21-18)24-15-7-8-17(26-2)16(20)9-15/h3-11H,1-2H3,(H2,21,22,23,24). The first kappa shape index (κ1) is 17.7. The molecule has 0 spiro atoms. The van der Waals surface area contributed by atoms with Crippen molar-refractivity contribution < 1.29 is 9.53 Å². The monoisotopic (exact) mass is 368 g/mol. The summed E-state index contributed by atoms with van der Waals surface area (Å²) in [5.74, 6) is 1.88. The Morgan fingerprint density at radius 1 is 0.962 bits per heavy atom. The van der Waals surface area contributed by atoms with Crippen molar-refractivity contribution >= 4 is 40.4 Å². The summed E-state index contributed by atoms with van der Waals surface area (Å²) in [5.41, 5.74) is 2.27. The summed E-state index contributed by atoms with van der Waals surface area (Å²) in [6.07, 6.45) is 1.46. The summed E-state index contributed by atoms with van der Waals surface area (Å²) < 4.78 is 5.14. The zero-order valence-corrected chi connectivity index (χ0v) is 15.0. The Morgan fingerprint density at radius 2 is 1.58 bits per heavy atom. The van der Waals surface area contributed by atoms with Crippen molar-refractivity contribution in [2.24, 2.45) is 0 Å². The summed E-state index contributed by atoms with van der Waals surface area (Å²) in [7, 11) is 1.57. The molecule has 0 atom stereocenters. The van der Waals surface area contributed by atoms with Crippen LogP contribution in [0.2, 0.25) is 5.02 Å². The number of carbonyl (C=O) groups is 1. The van der Waals surface area contributed by atoms with Crippen LogP contribution in [0.1, 0.15) is 17.3 Å². The van der Waals surface area contributed by atoms with E-state index in [9.17, 15) is 4.79 Å². The highest BCUT2D eigenvalue weighted by molar-refractivity contribution is 6.32. The minimum Gasteiger partial charge on any atom is -0.495 e. The van der Waals surface area contributed by atoms with Gasteiger partial charge < -0.3 is 15.4 Å². The summed E-state index contributed by atoms with van der Waals surface area (Å²) in [5, 5.41) is 6.86. The smallest absolute Gasteiger partial charge is 0.159 e. The number of nitrogens with one attached hydrogen (secondary N) is 2. The molecule has 0 saturated carbocycles. The minimum absolute atomic E-state index is 0.0308. The molecule has 0 amide bonds.